The molecule has 23 heavy (non-hydrogen) atoms. The number of hydrogen-bond acceptors (Lipinski definition) is 2. The molecular formula is C17H15F3N2O. The monoisotopic (exact) mass is 320 g/mol. The van der Waals surface area contributed by atoms with Gasteiger partial charge in [0, 0.05) is 6.42 Å². The number of alkyl halides is 3. The van der Waals surface area contributed by atoms with E-state index < -0.39 is 11.7 Å². The van der Waals surface area contributed by atoms with Crippen LogP contribution in [0.15, 0.2) is 59.7 Å². The Bertz CT molecular complexity index is 682. The van der Waals surface area contributed by atoms with Crippen molar-refractivity contribution in [1.29, 1.82) is 0 Å². The van der Waals surface area contributed by atoms with Crippen LogP contribution in [0.2, 0.25) is 0 Å². The molecule has 0 radical (unpaired) electrons. The average Bonchev–Trinajstić information content (AvgIpc) is 2.53. The molecule has 1 amide bonds. The van der Waals surface area contributed by atoms with Crippen LogP contribution in [-0.4, -0.2) is 12.1 Å². The predicted octanol–water partition coefficient (Wildman–Crippen LogP) is 3.79. The van der Waals surface area contributed by atoms with E-state index in [0.29, 0.717) is 6.42 Å². The summed E-state index contributed by atoms with van der Waals surface area (Å²) >= 11 is 0. The van der Waals surface area contributed by atoms with Crippen LogP contribution in [0.5, 0.6) is 0 Å². The molecule has 0 heterocycles. The summed E-state index contributed by atoms with van der Waals surface area (Å²) in [4.78, 5) is 11.6. The lowest BCUT2D eigenvalue weighted by Gasteiger charge is -2.06. The normalized spacial score (nSPS) is 11.6. The van der Waals surface area contributed by atoms with E-state index in [2.05, 4.69) is 10.5 Å². The number of aryl methyl sites for hydroxylation is 1. The maximum absolute atomic E-state index is 12.6. The van der Waals surface area contributed by atoms with E-state index in [1.807, 2.05) is 30.3 Å². The van der Waals surface area contributed by atoms with E-state index in [-0.39, 0.29) is 17.9 Å². The van der Waals surface area contributed by atoms with Crippen molar-refractivity contribution in [1.82, 2.24) is 5.43 Å². The molecule has 0 aromatic heterocycles. The van der Waals surface area contributed by atoms with Crippen molar-refractivity contribution in [2.75, 3.05) is 0 Å². The van der Waals surface area contributed by atoms with Crippen molar-refractivity contribution >= 4 is 12.1 Å². The minimum atomic E-state index is -4.40. The molecule has 0 bridgehead atoms. The third-order valence-corrected chi connectivity index (χ3v) is 3.10. The van der Waals surface area contributed by atoms with Gasteiger partial charge in [0.2, 0.25) is 5.91 Å². The van der Waals surface area contributed by atoms with Gasteiger partial charge in [-0.2, -0.15) is 18.3 Å². The van der Waals surface area contributed by atoms with E-state index in [1.54, 1.807) is 0 Å². The number of hydrazone groups is 1. The first-order valence-electron chi connectivity index (χ1n) is 6.98. The number of benzene rings is 2. The van der Waals surface area contributed by atoms with Crippen LogP contribution >= 0.6 is 0 Å². The van der Waals surface area contributed by atoms with Gasteiger partial charge in [-0.1, -0.05) is 42.5 Å². The fourth-order valence-corrected chi connectivity index (χ4v) is 1.93. The van der Waals surface area contributed by atoms with Crippen molar-refractivity contribution in [3.05, 3.63) is 71.3 Å². The average molecular weight is 320 g/mol. The highest BCUT2D eigenvalue weighted by atomic mass is 19.4. The largest absolute Gasteiger partial charge is 0.416 e. The van der Waals surface area contributed by atoms with E-state index in [4.69, 9.17) is 0 Å². The molecule has 0 unspecified atom stereocenters. The summed E-state index contributed by atoms with van der Waals surface area (Å²) in [5, 5.41) is 3.69. The number of nitrogens with one attached hydrogen (secondary N) is 1. The molecule has 6 heteroatoms. The fourth-order valence-electron chi connectivity index (χ4n) is 1.93. The molecule has 0 aliphatic carbocycles. The first kappa shape index (κ1) is 16.7. The van der Waals surface area contributed by atoms with Crippen LogP contribution in [0.4, 0.5) is 13.2 Å². The minimum Gasteiger partial charge on any atom is -0.273 e. The van der Waals surface area contributed by atoms with Gasteiger partial charge >= 0.3 is 6.18 Å². The Hall–Kier alpha value is -2.63. The third-order valence-electron chi connectivity index (χ3n) is 3.10. The van der Waals surface area contributed by atoms with Gasteiger partial charge in [0.25, 0.3) is 0 Å². The third kappa shape index (κ3) is 5.58. The summed E-state index contributed by atoms with van der Waals surface area (Å²) < 4.78 is 37.7. The van der Waals surface area contributed by atoms with Crippen LogP contribution < -0.4 is 5.43 Å². The van der Waals surface area contributed by atoms with E-state index >= 15 is 0 Å². The van der Waals surface area contributed by atoms with Crippen molar-refractivity contribution in [2.45, 2.75) is 19.0 Å². The van der Waals surface area contributed by atoms with Gasteiger partial charge in [-0.05, 0) is 29.7 Å². The molecule has 2 rings (SSSR count). The second-order valence-electron chi connectivity index (χ2n) is 4.90. The first-order valence-corrected chi connectivity index (χ1v) is 6.98. The molecule has 2 aromatic rings. The first-order chi connectivity index (χ1) is 10.9. The summed E-state index contributed by atoms with van der Waals surface area (Å²) in [6, 6.07) is 14.2. The maximum Gasteiger partial charge on any atom is 0.416 e. The van der Waals surface area contributed by atoms with Gasteiger partial charge in [0.05, 0.1) is 11.8 Å². The Morgan fingerprint density at radius 1 is 1.09 bits per heavy atom. The molecule has 0 saturated carbocycles. The smallest absolute Gasteiger partial charge is 0.273 e. The molecular weight excluding hydrogens is 305 g/mol. The van der Waals surface area contributed by atoms with Gasteiger partial charge in [-0.25, -0.2) is 5.43 Å². The molecule has 0 saturated heterocycles. The van der Waals surface area contributed by atoms with E-state index in [0.717, 1.165) is 17.7 Å². The quantitative estimate of drug-likeness (QED) is 0.661. The number of carbonyl (C=O) groups is 1. The Morgan fingerprint density at radius 3 is 2.52 bits per heavy atom. The van der Waals surface area contributed by atoms with Gasteiger partial charge in [-0.3, -0.25) is 4.79 Å². The summed E-state index contributed by atoms with van der Waals surface area (Å²) in [6.07, 6.45) is -2.38. The molecule has 0 atom stereocenters. The lowest BCUT2D eigenvalue weighted by atomic mass is 10.1. The topological polar surface area (TPSA) is 41.5 Å². The van der Waals surface area contributed by atoms with E-state index in [9.17, 15) is 18.0 Å². The lowest BCUT2D eigenvalue weighted by molar-refractivity contribution is -0.137. The van der Waals surface area contributed by atoms with Gasteiger partial charge in [-0.15, -0.1) is 0 Å². The fraction of sp³-hybridized carbons (Fsp3) is 0.176. The molecule has 0 fully saturated rings. The zero-order valence-corrected chi connectivity index (χ0v) is 12.2. The Balaban J connectivity index is 1.85. The number of halogens is 3. The Labute approximate surface area is 131 Å². The van der Waals surface area contributed by atoms with Crippen LogP contribution in [0.1, 0.15) is 23.1 Å². The SMILES string of the molecule is O=C(CCc1ccccc1)N/N=C/c1cccc(C(F)(F)F)c1. The summed E-state index contributed by atoms with van der Waals surface area (Å²) in [6.45, 7) is 0. The molecule has 3 nitrogen and oxygen atoms in total. The predicted molar refractivity (Wildman–Crippen MR) is 81.9 cm³/mol. The molecule has 120 valence electrons. The second kappa shape index (κ2) is 7.58. The molecule has 0 aliphatic heterocycles. The van der Waals surface area contributed by atoms with E-state index in [1.165, 1.54) is 18.3 Å². The highest BCUT2D eigenvalue weighted by Gasteiger charge is 2.30. The Morgan fingerprint density at radius 2 is 1.83 bits per heavy atom. The summed E-state index contributed by atoms with van der Waals surface area (Å²) in [5.41, 5.74) is 2.85. The Kier molecular flexibility index (Phi) is 5.51. The molecule has 0 aliphatic rings. The van der Waals surface area contributed by atoms with Gasteiger partial charge in [0.15, 0.2) is 0 Å². The number of rotatable bonds is 5. The van der Waals surface area contributed by atoms with Crippen molar-refractivity contribution in [3.8, 4) is 0 Å². The van der Waals surface area contributed by atoms with Crippen LogP contribution in [0, 0.1) is 0 Å². The number of carbonyl (C=O) groups excluding carboxylic acids is 1. The zero-order valence-electron chi connectivity index (χ0n) is 12.2. The van der Waals surface area contributed by atoms with Crippen molar-refractivity contribution < 1.29 is 18.0 Å². The summed E-state index contributed by atoms with van der Waals surface area (Å²) in [7, 11) is 0. The second-order valence-corrected chi connectivity index (χ2v) is 4.90. The standard InChI is InChI=1S/C17H15F3N2O/c18-17(19,20)15-8-4-7-14(11-15)12-21-22-16(23)10-9-13-5-2-1-3-6-13/h1-8,11-12H,9-10H2,(H,22,23)/b21-12+. The van der Waals surface area contributed by atoms with Crippen LogP contribution in [0.3, 0.4) is 0 Å². The van der Waals surface area contributed by atoms with Crippen LogP contribution in [0.25, 0.3) is 0 Å². The zero-order chi connectivity index (χ0) is 16.7. The minimum absolute atomic E-state index is 0.254. The van der Waals surface area contributed by atoms with Gasteiger partial charge in [0.1, 0.15) is 0 Å². The summed E-state index contributed by atoms with van der Waals surface area (Å²) in [5.74, 6) is -0.294. The molecule has 1 N–H and O–H groups in total. The molecule has 2 aromatic carbocycles. The molecule has 0 spiro atoms. The number of amides is 1. The van der Waals surface area contributed by atoms with Crippen molar-refractivity contribution in [3.63, 3.8) is 0 Å². The maximum atomic E-state index is 12.6. The number of hydrogen-bond donors (Lipinski definition) is 1. The van der Waals surface area contributed by atoms with Crippen LogP contribution in [-0.2, 0) is 17.4 Å². The number of nitrogens with zero attached hydrogens (tertiary/aromatic N) is 1. The highest BCUT2D eigenvalue weighted by Crippen LogP contribution is 2.29. The highest BCUT2D eigenvalue weighted by molar-refractivity contribution is 5.82. The van der Waals surface area contributed by atoms with Crippen molar-refractivity contribution in [2.24, 2.45) is 5.10 Å². The van der Waals surface area contributed by atoms with Gasteiger partial charge < -0.3 is 0 Å². The lowest BCUT2D eigenvalue weighted by Crippen LogP contribution is -2.17.